The van der Waals surface area contributed by atoms with E-state index in [0.29, 0.717) is 26.2 Å². The molecule has 1 atom stereocenters. The Hall–Kier alpha value is -1.90. The van der Waals surface area contributed by atoms with E-state index in [0.717, 1.165) is 68.3 Å². The maximum absolute atomic E-state index is 14.0. The number of piperidine rings is 1. The third-order valence-corrected chi connectivity index (χ3v) is 6.26. The van der Waals surface area contributed by atoms with Crippen LogP contribution in [0.4, 0.5) is 4.39 Å². The summed E-state index contributed by atoms with van der Waals surface area (Å²) in [6.07, 6.45) is 6.68. The number of ether oxygens (including phenoxy) is 4. The van der Waals surface area contributed by atoms with Crippen LogP contribution in [-0.4, -0.2) is 69.3 Å². The fourth-order valence-electron chi connectivity index (χ4n) is 4.57. The normalized spacial score (nSPS) is 22.4. The predicted octanol–water partition coefficient (Wildman–Crippen LogP) is 3.25. The van der Waals surface area contributed by atoms with Crippen LogP contribution in [0.5, 0.6) is 5.75 Å². The second kappa shape index (κ2) is 11.8. The van der Waals surface area contributed by atoms with Crippen molar-refractivity contribution in [2.45, 2.75) is 64.3 Å². The van der Waals surface area contributed by atoms with E-state index in [-0.39, 0.29) is 24.8 Å². The smallest absolute Gasteiger partial charge is 0.193 e. The topological polar surface area (TPSA) is 64.6 Å². The van der Waals surface area contributed by atoms with Crippen molar-refractivity contribution in [3.05, 3.63) is 29.1 Å². The quantitative estimate of drug-likeness (QED) is 0.509. The Bertz CT molecular complexity index is 762. The van der Waals surface area contributed by atoms with Crippen LogP contribution in [0.1, 0.15) is 50.2 Å². The minimum Gasteiger partial charge on any atom is -0.467 e. The second-order valence-corrected chi connectivity index (χ2v) is 8.66. The van der Waals surface area contributed by atoms with Crippen LogP contribution in [-0.2, 0) is 27.2 Å². The molecule has 0 aliphatic carbocycles. The number of hydrogen-bond acceptors (Lipinski definition) is 5. The molecule has 0 aromatic heterocycles. The molecule has 1 aromatic rings. The van der Waals surface area contributed by atoms with Gasteiger partial charge >= 0.3 is 0 Å². The predicted molar refractivity (Wildman–Crippen MR) is 121 cm³/mol. The summed E-state index contributed by atoms with van der Waals surface area (Å²) in [7, 11) is 0. The summed E-state index contributed by atoms with van der Waals surface area (Å²) in [6.45, 7) is 7.46. The highest BCUT2D eigenvalue weighted by Crippen LogP contribution is 2.29. The van der Waals surface area contributed by atoms with Gasteiger partial charge in [-0.3, -0.25) is 4.99 Å². The lowest BCUT2D eigenvalue weighted by Gasteiger charge is -2.35. The molecule has 7 nitrogen and oxygen atoms in total. The summed E-state index contributed by atoms with van der Waals surface area (Å²) in [4.78, 5) is 7.11. The fourth-order valence-corrected chi connectivity index (χ4v) is 4.57. The average molecular weight is 450 g/mol. The first kappa shape index (κ1) is 23.3. The Balaban J connectivity index is 1.28. The molecule has 0 spiro atoms. The van der Waals surface area contributed by atoms with Crippen LogP contribution in [0.2, 0.25) is 0 Å². The summed E-state index contributed by atoms with van der Waals surface area (Å²) in [5, 5.41) is 3.40. The molecule has 0 amide bonds. The molecule has 8 heteroatoms. The Labute approximate surface area is 190 Å². The monoisotopic (exact) mass is 449 g/mol. The van der Waals surface area contributed by atoms with Crippen molar-refractivity contribution in [1.29, 1.82) is 0 Å². The van der Waals surface area contributed by atoms with E-state index in [1.54, 1.807) is 6.07 Å². The van der Waals surface area contributed by atoms with Crippen molar-refractivity contribution in [2.24, 2.45) is 4.99 Å². The lowest BCUT2D eigenvalue weighted by Crippen LogP contribution is -2.47. The highest BCUT2D eigenvalue weighted by atomic mass is 19.1. The summed E-state index contributed by atoms with van der Waals surface area (Å²) in [6, 6.07) is 3.03. The zero-order valence-corrected chi connectivity index (χ0v) is 19.1. The Kier molecular flexibility index (Phi) is 8.59. The van der Waals surface area contributed by atoms with Crippen molar-refractivity contribution in [2.75, 3.05) is 46.2 Å². The molecule has 0 saturated carbocycles. The highest BCUT2D eigenvalue weighted by Gasteiger charge is 2.24. The number of rotatable bonds is 7. The number of guanidine groups is 1. The maximum Gasteiger partial charge on any atom is 0.193 e. The van der Waals surface area contributed by atoms with Gasteiger partial charge in [0, 0.05) is 38.3 Å². The highest BCUT2D eigenvalue weighted by molar-refractivity contribution is 5.80. The number of nitrogens with one attached hydrogen (secondary N) is 1. The van der Waals surface area contributed by atoms with Gasteiger partial charge in [-0.15, -0.1) is 0 Å². The molecule has 1 aromatic carbocycles. The Morgan fingerprint density at radius 3 is 2.91 bits per heavy atom. The van der Waals surface area contributed by atoms with Gasteiger partial charge in [0.1, 0.15) is 11.6 Å². The van der Waals surface area contributed by atoms with Gasteiger partial charge < -0.3 is 29.2 Å². The SMILES string of the molecule is CCNC(=NCCc1cc(F)cc2c1OCOC2)N1CCC(OCC2CCCCO2)CC1. The number of nitrogens with zero attached hydrogens (tertiary/aromatic N) is 2. The van der Waals surface area contributed by atoms with Crippen molar-refractivity contribution in [3.8, 4) is 5.75 Å². The van der Waals surface area contributed by atoms with Crippen LogP contribution < -0.4 is 10.1 Å². The van der Waals surface area contributed by atoms with E-state index in [2.05, 4.69) is 17.1 Å². The van der Waals surface area contributed by atoms with Crippen LogP contribution in [0, 0.1) is 5.82 Å². The zero-order valence-electron chi connectivity index (χ0n) is 19.1. The number of halogens is 1. The maximum atomic E-state index is 14.0. The molecular formula is C24H36FN3O4. The van der Waals surface area contributed by atoms with E-state index in [4.69, 9.17) is 23.9 Å². The van der Waals surface area contributed by atoms with Gasteiger partial charge in [-0.1, -0.05) is 0 Å². The van der Waals surface area contributed by atoms with Crippen LogP contribution in [0.3, 0.4) is 0 Å². The van der Waals surface area contributed by atoms with Crippen molar-refractivity contribution in [1.82, 2.24) is 10.2 Å². The van der Waals surface area contributed by atoms with Crippen molar-refractivity contribution in [3.63, 3.8) is 0 Å². The van der Waals surface area contributed by atoms with E-state index < -0.39 is 0 Å². The number of hydrogen-bond donors (Lipinski definition) is 1. The largest absolute Gasteiger partial charge is 0.467 e. The minimum absolute atomic E-state index is 0.210. The molecular weight excluding hydrogens is 413 g/mol. The Morgan fingerprint density at radius 1 is 1.25 bits per heavy atom. The second-order valence-electron chi connectivity index (χ2n) is 8.66. The first-order chi connectivity index (χ1) is 15.7. The first-order valence-electron chi connectivity index (χ1n) is 12.0. The molecule has 0 radical (unpaired) electrons. The molecule has 32 heavy (non-hydrogen) atoms. The van der Waals surface area contributed by atoms with Gasteiger partial charge in [0.2, 0.25) is 0 Å². The molecule has 3 aliphatic heterocycles. The van der Waals surface area contributed by atoms with E-state index in [1.165, 1.54) is 18.9 Å². The fraction of sp³-hybridized carbons (Fsp3) is 0.708. The summed E-state index contributed by atoms with van der Waals surface area (Å²) >= 11 is 0. The van der Waals surface area contributed by atoms with Gasteiger partial charge in [-0.2, -0.15) is 0 Å². The minimum atomic E-state index is -0.260. The van der Waals surface area contributed by atoms with Gasteiger partial charge in [0.05, 0.1) is 25.4 Å². The molecule has 4 rings (SSSR count). The van der Waals surface area contributed by atoms with Crippen molar-refractivity contribution >= 4 is 5.96 Å². The summed E-state index contributed by atoms with van der Waals surface area (Å²) < 4.78 is 36.8. The molecule has 1 N–H and O–H groups in total. The molecule has 178 valence electrons. The third-order valence-electron chi connectivity index (χ3n) is 6.26. The van der Waals surface area contributed by atoms with Gasteiger partial charge in [-0.25, -0.2) is 4.39 Å². The van der Waals surface area contributed by atoms with Gasteiger partial charge in [0.15, 0.2) is 12.8 Å². The van der Waals surface area contributed by atoms with Gasteiger partial charge in [0.25, 0.3) is 0 Å². The Morgan fingerprint density at radius 2 is 2.12 bits per heavy atom. The number of likely N-dealkylation sites (tertiary alicyclic amines) is 1. The molecule has 2 fully saturated rings. The number of benzene rings is 1. The number of aliphatic imine (C=N–C) groups is 1. The lowest BCUT2D eigenvalue weighted by molar-refractivity contribution is -0.0721. The third kappa shape index (κ3) is 6.33. The molecule has 3 heterocycles. The standard InChI is InChI=1S/C24H36FN3O4/c1-2-26-24(27-9-6-18-13-20(25)14-19-15-29-17-32-23(18)19)28-10-7-21(8-11-28)31-16-22-5-3-4-12-30-22/h13-14,21-22H,2-12,15-17H2,1H3,(H,26,27). The van der Waals surface area contributed by atoms with Crippen LogP contribution >= 0.6 is 0 Å². The molecule has 3 aliphatic rings. The average Bonchev–Trinajstić information content (AvgIpc) is 2.83. The van der Waals surface area contributed by atoms with Crippen LogP contribution in [0.25, 0.3) is 0 Å². The first-order valence-corrected chi connectivity index (χ1v) is 12.0. The van der Waals surface area contributed by atoms with E-state index in [1.807, 2.05) is 0 Å². The van der Waals surface area contributed by atoms with Gasteiger partial charge in [-0.05, 0) is 63.1 Å². The molecule has 1 unspecified atom stereocenters. The van der Waals surface area contributed by atoms with E-state index >= 15 is 0 Å². The number of fused-ring (bicyclic) bond motifs is 1. The lowest BCUT2D eigenvalue weighted by atomic mass is 10.1. The summed E-state index contributed by atoms with van der Waals surface area (Å²) in [5.41, 5.74) is 1.61. The zero-order chi connectivity index (χ0) is 22.2. The molecule has 0 bridgehead atoms. The molecule has 2 saturated heterocycles. The van der Waals surface area contributed by atoms with Crippen LogP contribution in [0.15, 0.2) is 17.1 Å². The van der Waals surface area contributed by atoms with Crippen molar-refractivity contribution < 1.29 is 23.3 Å². The van der Waals surface area contributed by atoms with E-state index in [9.17, 15) is 4.39 Å². The summed E-state index contributed by atoms with van der Waals surface area (Å²) in [5.74, 6) is 1.40.